The third-order valence-corrected chi connectivity index (χ3v) is 2.87. The molecule has 5 heteroatoms. The molecule has 1 aromatic rings. The normalized spacial score (nSPS) is 13.7. The Morgan fingerprint density at radius 3 is 2.50 bits per heavy atom. The van der Waals surface area contributed by atoms with E-state index in [1.165, 1.54) is 0 Å². The molecule has 1 heterocycles. The van der Waals surface area contributed by atoms with Crippen LogP contribution in [0, 0.1) is 5.41 Å². The van der Waals surface area contributed by atoms with Gasteiger partial charge in [0.2, 0.25) is 0 Å². The van der Waals surface area contributed by atoms with E-state index < -0.39 is 17.1 Å². The van der Waals surface area contributed by atoms with Crippen LogP contribution in [0.25, 0.3) is 0 Å². The molecule has 112 valence electrons. The van der Waals surface area contributed by atoms with Crippen molar-refractivity contribution in [1.29, 1.82) is 0 Å². The molecule has 1 amide bonds. The number of aromatic nitrogens is 1. The minimum Gasteiger partial charge on any atom is -0.444 e. The van der Waals surface area contributed by atoms with Gasteiger partial charge in [-0.15, -0.1) is 0 Å². The van der Waals surface area contributed by atoms with Gasteiger partial charge in [-0.05, 0) is 32.4 Å². The van der Waals surface area contributed by atoms with Crippen molar-refractivity contribution in [2.24, 2.45) is 5.41 Å². The lowest BCUT2D eigenvalue weighted by Gasteiger charge is -2.34. The second-order valence-electron chi connectivity index (χ2n) is 6.51. The number of amides is 1. The highest BCUT2D eigenvalue weighted by atomic mass is 16.6. The molecule has 0 aliphatic carbocycles. The maximum Gasteiger partial charge on any atom is 0.408 e. The third-order valence-electron chi connectivity index (χ3n) is 2.87. The monoisotopic (exact) mass is 280 g/mol. The van der Waals surface area contributed by atoms with Crippen molar-refractivity contribution in [3.05, 3.63) is 30.1 Å². The lowest BCUT2D eigenvalue weighted by Crippen LogP contribution is -2.42. The summed E-state index contributed by atoms with van der Waals surface area (Å²) in [4.78, 5) is 16.0. The molecule has 0 aromatic carbocycles. The van der Waals surface area contributed by atoms with Gasteiger partial charge in [-0.25, -0.2) is 4.79 Å². The fourth-order valence-corrected chi connectivity index (χ4v) is 1.79. The van der Waals surface area contributed by atoms with Crippen molar-refractivity contribution in [3.63, 3.8) is 0 Å². The van der Waals surface area contributed by atoms with Crippen molar-refractivity contribution in [1.82, 2.24) is 10.3 Å². The molecule has 1 rings (SSSR count). The Bertz CT molecular complexity index is 438. The summed E-state index contributed by atoms with van der Waals surface area (Å²) in [6.45, 7) is 9.11. The molecule has 1 unspecified atom stereocenters. The van der Waals surface area contributed by atoms with Crippen LogP contribution < -0.4 is 5.32 Å². The number of aliphatic hydroxyl groups excluding tert-OH is 1. The van der Waals surface area contributed by atoms with E-state index in [1.54, 1.807) is 18.5 Å². The van der Waals surface area contributed by atoms with Crippen LogP contribution in [0.2, 0.25) is 0 Å². The highest BCUT2D eigenvalue weighted by molar-refractivity contribution is 5.68. The zero-order chi connectivity index (χ0) is 15.4. The third kappa shape index (κ3) is 4.81. The molecular weight excluding hydrogens is 256 g/mol. The molecule has 0 saturated heterocycles. The molecule has 0 spiro atoms. The van der Waals surface area contributed by atoms with Gasteiger partial charge < -0.3 is 15.2 Å². The summed E-state index contributed by atoms with van der Waals surface area (Å²) in [6.07, 6.45) is 2.84. The van der Waals surface area contributed by atoms with Crippen molar-refractivity contribution in [2.45, 2.75) is 46.3 Å². The molecule has 20 heavy (non-hydrogen) atoms. The molecule has 0 saturated carbocycles. The molecule has 1 aromatic heterocycles. The number of aliphatic hydroxyl groups is 1. The minimum absolute atomic E-state index is 0.0671. The van der Waals surface area contributed by atoms with Crippen LogP contribution in [-0.4, -0.2) is 28.4 Å². The summed E-state index contributed by atoms with van der Waals surface area (Å²) in [5.74, 6) is 0. The summed E-state index contributed by atoms with van der Waals surface area (Å²) in [5.41, 5.74) is -0.259. The van der Waals surface area contributed by atoms with Gasteiger partial charge in [0, 0.05) is 17.8 Å². The van der Waals surface area contributed by atoms with Gasteiger partial charge in [0.05, 0.1) is 12.6 Å². The zero-order valence-electron chi connectivity index (χ0n) is 12.8. The van der Waals surface area contributed by atoms with Crippen molar-refractivity contribution in [3.8, 4) is 0 Å². The Balaban J connectivity index is 2.93. The number of pyridine rings is 1. The molecule has 1 atom stereocenters. The van der Waals surface area contributed by atoms with Crippen LogP contribution in [0.15, 0.2) is 24.5 Å². The molecule has 0 radical (unpaired) electrons. The first-order chi connectivity index (χ1) is 9.15. The van der Waals surface area contributed by atoms with Crippen LogP contribution in [0.1, 0.15) is 46.2 Å². The van der Waals surface area contributed by atoms with E-state index in [1.807, 2.05) is 40.7 Å². The highest BCUT2D eigenvalue weighted by Crippen LogP contribution is 2.32. The minimum atomic E-state index is -0.563. The number of hydrogen-bond donors (Lipinski definition) is 2. The first kappa shape index (κ1) is 16.4. The SMILES string of the molecule is CC(C)(C)OC(=O)NC(c1cccnc1)C(C)(C)CO. The fraction of sp³-hybridized carbons (Fsp3) is 0.600. The second kappa shape index (κ2) is 6.22. The van der Waals surface area contributed by atoms with Crippen molar-refractivity contribution < 1.29 is 14.6 Å². The topological polar surface area (TPSA) is 71.5 Å². The lowest BCUT2D eigenvalue weighted by molar-refractivity contribution is 0.0406. The van der Waals surface area contributed by atoms with E-state index in [2.05, 4.69) is 10.3 Å². The van der Waals surface area contributed by atoms with E-state index in [4.69, 9.17) is 4.74 Å². The van der Waals surface area contributed by atoms with Crippen LogP contribution in [0.4, 0.5) is 4.79 Å². The van der Waals surface area contributed by atoms with Gasteiger partial charge in [-0.2, -0.15) is 0 Å². The highest BCUT2D eigenvalue weighted by Gasteiger charge is 2.33. The molecule has 5 nitrogen and oxygen atoms in total. The van der Waals surface area contributed by atoms with E-state index in [0.717, 1.165) is 5.56 Å². The second-order valence-corrected chi connectivity index (χ2v) is 6.51. The Morgan fingerprint density at radius 2 is 2.05 bits per heavy atom. The maximum atomic E-state index is 12.0. The fourth-order valence-electron chi connectivity index (χ4n) is 1.79. The molecule has 0 aliphatic heterocycles. The summed E-state index contributed by atoms with van der Waals surface area (Å²) >= 11 is 0. The van der Waals surface area contributed by atoms with Crippen LogP contribution >= 0.6 is 0 Å². The Morgan fingerprint density at radius 1 is 1.40 bits per heavy atom. The van der Waals surface area contributed by atoms with Gasteiger partial charge in [-0.1, -0.05) is 19.9 Å². The summed E-state index contributed by atoms with van der Waals surface area (Å²) < 4.78 is 5.28. The number of carbonyl (C=O) groups excluding carboxylic acids is 1. The van der Waals surface area contributed by atoms with E-state index in [9.17, 15) is 9.90 Å². The van der Waals surface area contributed by atoms with E-state index >= 15 is 0 Å². The average Bonchev–Trinajstić information content (AvgIpc) is 2.35. The van der Waals surface area contributed by atoms with Gasteiger partial charge >= 0.3 is 6.09 Å². The quantitative estimate of drug-likeness (QED) is 0.889. The first-order valence-electron chi connectivity index (χ1n) is 6.66. The van der Waals surface area contributed by atoms with Gasteiger partial charge in [0.1, 0.15) is 5.60 Å². The summed E-state index contributed by atoms with van der Waals surface area (Å²) in [7, 11) is 0. The molecule has 0 bridgehead atoms. The summed E-state index contributed by atoms with van der Waals surface area (Å²) in [6, 6.07) is 3.29. The average molecular weight is 280 g/mol. The smallest absolute Gasteiger partial charge is 0.408 e. The van der Waals surface area contributed by atoms with Crippen molar-refractivity contribution >= 4 is 6.09 Å². The predicted octanol–water partition coefficient (Wildman–Crippen LogP) is 2.67. The van der Waals surface area contributed by atoms with Gasteiger partial charge in [0.15, 0.2) is 0 Å². The van der Waals surface area contributed by atoms with Gasteiger partial charge in [0.25, 0.3) is 0 Å². The summed E-state index contributed by atoms with van der Waals surface area (Å²) in [5, 5.41) is 12.4. The Labute approximate surface area is 120 Å². The number of alkyl carbamates (subject to hydrolysis) is 1. The zero-order valence-corrected chi connectivity index (χ0v) is 12.8. The number of carbonyl (C=O) groups is 1. The Hall–Kier alpha value is -1.62. The maximum absolute atomic E-state index is 12.0. The van der Waals surface area contributed by atoms with E-state index in [0.29, 0.717) is 0 Å². The number of ether oxygens (including phenoxy) is 1. The van der Waals surface area contributed by atoms with Crippen LogP contribution in [0.3, 0.4) is 0 Å². The molecule has 0 aliphatic rings. The number of nitrogens with one attached hydrogen (secondary N) is 1. The van der Waals surface area contributed by atoms with Crippen LogP contribution in [-0.2, 0) is 4.74 Å². The van der Waals surface area contributed by atoms with Crippen molar-refractivity contribution in [2.75, 3.05) is 6.61 Å². The number of nitrogens with zero attached hydrogens (tertiary/aromatic N) is 1. The Kier molecular flexibility index (Phi) is 5.11. The predicted molar refractivity (Wildman–Crippen MR) is 77.2 cm³/mol. The van der Waals surface area contributed by atoms with Crippen LogP contribution in [0.5, 0.6) is 0 Å². The molecule has 2 N–H and O–H groups in total. The lowest BCUT2D eigenvalue weighted by atomic mass is 9.82. The van der Waals surface area contributed by atoms with Gasteiger partial charge in [-0.3, -0.25) is 4.98 Å². The first-order valence-corrected chi connectivity index (χ1v) is 6.66. The standard InChI is InChI=1S/C15H24N2O3/c1-14(2,3)20-13(19)17-12(15(4,5)10-18)11-7-6-8-16-9-11/h6-9,12,18H,10H2,1-5H3,(H,17,19). The van der Waals surface area contributed by atoms with E-state index in [-0.39, 0.29) is 12.6 Å². The number of hydrogen-bond acceptors (Lipinski definition) is 4. The largest absolute Gasteiger partial charge is 0.444 e. The molecule has 0 fully saturated rings. The molecular formula is C15H24N2O3. The number of rotatable bonds is 4.